The molecule has 5 heteroatoms. The molecule has 0 fully saturated rings. The van der Waals surface area contributed by atoms with E-state index in [1.165, 1.54) is 0 Å². The quantitative estimate of drug-likeness (QED) is 0.420. The Morgan fingerprint density at radius 3 is 1.97 bits per heavy atom. The van der Waals surface area contributed by atoms with Gasteiger partial charge in [-0.3, -0.25) is 4.79 Å². The Morgan fingerprint density at radius 1 is 0.774 bits per heavy atom. The van der Waals surface area contributed by atoms with Crippen LogP contribution in [-0.4, -0.2) is 20.0 Å². The molecule has 3 aromatic rings. The van der Waals surface area contributed by atoms with Gasteiger partial charge in [0.25, 0.3) is 0 Å². The fourth-order valence-corrected chi connectivity index (χ4v) is 4.51. The fraction of sp³-hybridized carbons (Fsp3) is 0.192. The molecule has 0 aromatic heterocycles. The van der Waals surface area contributed by atoms with Crippen molar-refractivity contribution in [2.24, 2.45) is 0 Å². The highest BCUT2D eigenvalue weighted by molar-refractivity contribution is 6.30. The van der Waals surface area contributed by atoms with Crippen LogP contribution in [0.15, 0.2) is 72.8 Å². The first-order valence-corrected chi connectivity index (χ1v) is 10.7. The Labute approximate surface area is 192 Å². The summed E-state index contributed by atoms with van der Waals surface area (Å²) >= 11 is 12.3. The molecule has 0 amide bonds. The average Bonchev–Trinajstić information content (AvgIpc) is 2.79. The summed E-state index contributed by atoms with van der Waals surface area (Å²) in [5.41, 5.74) is 4.06. The summed E-state index contributed by atoms with van der Waals surface area (Å²) in [5.74, 6) is 1.29. The zero-order valence-corrected chi connectivity index (χ0v) is 18.8. The van der Waals surface area contributed by atoms with Gasteiger partial charge in [-0.25, -0.2) is 0 Å². The van der Waals surface area contributed by atoms with Crippen molar-refractivity contribution in [1.29, 1.82) is 0 Å². The van der Waals surface area contributed by atoms with Gasteiger partial charge in [0.2, 0.25) is 0 Å². The summed E-state index contributed by atoms with van der Waals surface area (Å²) in [5, 5.41) is 1.33. The summed E-state index contributed by atoms with van der Waals surface area (Å²) in [6, 6.07) is 21.3. The second-order valence-electron chi connectivity index (χ2n) is 7.53. The number of carbonyl (C=O) groups is 1. The minimum absolute atomic E-state index is 0.0331. The van der Waals surface area contributed by atoms with Crippen LogP contribution in [0.25, 0.3) is 5.57 Å². The molecule has 1 aliphatic carbocycles. The molecule has 4 rings (SSSR count). The predicted molar refractivity (Wildman–Crippen MR) is 126 cm³/mol. The van der Waals surface area contributed by atoms with E-state index in [1.807, 2.05) is 66.7 Å². The Morgan fingerprint density at radius 2 is 1.35 bits per heavy atom. The van der Waals surface area contributed by atoms with E-state index in [0.717, 1.165) is 22.3 Å². The van der Waals surface area contributed by atoms with E-state index in [0.29, 0.717) is 28.0 Å². The van der Waals surface area contributed by atoms with Crippen molar-refractivity contribution in [2.75, 3.05) is 14.2 Å². The van der Waals surface area contributed by atoms with Gasteiger partial charge in [-0.1, -0.05) is 53.5 Å². The maximum absolute atomic E-state index is 12.8. The molecule has 3 aromatic carbocycles. The Kier molecular flexibility index (Phi) is 6.35. The van der Waals surface area contributed by atoms with Crippen LogP contribution in [0.5, 0.6) is 11.5 Å². The van der Waals surface area contributed by atoms with Crippen LogP contribution < -0.4 is 9.47 Å². The monoisotopic (exact) mass is 452 g/mol. The lowest BCUT2D eigenvalue weighted by Crippen LogP contribution is -2.21. The van der Waals surface area contributed by atoms with E-state index in [4.69, 9.17) is 32.7 Å². The van der Waals surface area contributed by atoms with Crippen LogP contribution in [0.3, 0.4) is 0 Å². The highest BCUT2D eigenvalue weighted by Gasteiger charge is 2.34. The third kappa shape index (κ3) is 4.48. The fourth-order valence-electron chi connectivity index (χ4n) is 4.25. The molecule has 1 aliphatic rings. The highest BCUT2D eigenvalue weighted by atomic mass is 35.5. The molecule has 0 bridgehead atoms. The van der Waals surface area contributed by atoms with Crippen molar-refractivity contribution in [3.8, 4) is 11.5 Å². The van der Waals surface area contributed by atoms with E-state index in [9.17, 15) is 4.79 Å². The summed E-state index contributed by atoms with van der Waals surface area (Å²) in [7, 11) is 3.23. The minimum atomic E-state index is -0.0656. The number of ketones is 1. The normalized spacial score (nSPS) is 18.5. The third-order valence-corrected chi connectivity index (χ3v) is 6.22. The lowest BCUT2D eigenvalue weighted by molar-refractivity contribution is -0.115. The summed E-state index contributed by atoms with van der Waals surface area (Å²) < 4.78 is 10.9. The molecule has 158 valence electrons. The van der Waals surface area contributed by atoms with Crippen LogP contribution in [-0.2, 0) is 4.79 Å². The van der Waals surface area contributed by atoms with Gasteiger partial charge in [0, 0.05) is 28.3 Å². The first-order chi connectivity index (χ1) is 15.0. The number of carbonyl (C=O) groups excluding carboxylic acids is 1. The maximum atomic E-state index is 12.8. The second-order valence-corrected chi connectivity index (χ2v) is 8.40. The largest absolute Gasteiger partial charge is 0.493 e. The van der Waals surface area contributed by atoms with Crippen molar-refractivity contribution in [2.45, 2.75) is 18.3 Å². The number of halogens is 2. The lowest BCUT2D eigenvalue weighted by Gasteiger charge is -2.33. The van der Waals surface area contributed by atoms with Gasteiger partial charge in [-0.15, -0.1) is 0 Å². The molecule has 2 atom stereocenters. The SMILES string of the molecule is COc1ccc([C@H]2CC(=O)C=C(c3ccc(Cl)cc3)[C@@H]2c2ccc(Cl)cc2)cc1OC. The van der Waals surface area contributed by atoms with Crippen molar-refractivity contribution >= 4 is 34.6 Å². The Balaban J connectivity index is 1.87. The molecule has 0 saturated heterocycles. The van der Waals surface area contributed by atoms with E-state index in [-0.39, 0.29) is 17.6 Å². The van der Waals surface area contributed by atoms with Gasteiger partial charge in [0.1, 0.15) is 0 Å². The number of benzene rings is 3. The van der Waals surface area contributed by atoms with Crippen LogP contribution in [0.2, 0.25) is 10.0 Å². The van der Waals surface area contributed by atoms with E-state index >= 15 is 0 Å². The van der Waals surface area contributed by atoms with Crippen molar-refractivity contribution in [3.05, 3.63) is 99.5 Å². The van der Waals surface area contributed by atoms with Gasteiger partial charge in [0.15, 0.2) is 17.3 Å². The Hall–Kier alpha value is -2.75. The average molecular weight is 453 g/mol. The number of allylic oxidation sites excluding steroid dienone is 2. The number of methoxy groups -OCH3 is 2. The topological polar surface area (TPSA) is 35.5 Å². The first kappa shape index (κ1) is 21.5. The van der Waals surface area contributed by atoms with Crippen LogP contribution >= 0.6 is 23.2 Å². The molecule has 0 aliphatic heterocycles. The van der Waals surface area contributed by atoms with Crippen molar-refractivity contribution in [1.82, 2.24) is 0 Å². The van der Waals surface area contributed by atoms with E-state index in [2.05, 4.69) is 0 Å². The Bertz CT molecular complexity index is 1120. The second kappa shape index (κ2) is 9.17. The molecular formula is C26H22Cl2O3. The number of rotatable bonds is 5. The van der Waals surface area contributed by atoms with Crippen LogP contribution in [0.1, 0.15) is 34.9 Å². The van der Waals surface area contributed by atoms with Crippen molar-refractivity contribution in [3.63, 3.8) is 0 Å². The molecule has 0 saturated carbocycles. The van der Waals surface area contributed by atoms with E-state index < -0.39 is 0 Å². The number of hydrogen-bond acceptors (Lipinski definition) is 3. The van der Waals surface area contributed by atoms with Crippen LogP contribution in [0, 0.1) is 0 Å². The molecule has 0 unspecified atom stereocenters. The van der Waals surface area contributed by atoms with Gasteiger partial charge in [-0.2, -0.15) is 0 Å². The minimum Gasteiger partial charge on any atom is -0.493 e. The highest BCUT2D eigenvalue weighted by Crippen LogP contribution is 2.49. The van der Waals surface area contributed by atoms with Crippen molar-refractivity contribution < 1.29 is 14.3 Å². The van der Waals surface area contributed by atoms with E-state index in [1.54, 1.807) is 20.3 Å². The molecular weight excluding hydrogens is 431 g/mol. The zero-order chi connectivity index (χ0) is 22.0. The first-order valence-electron chi connectivity index (χ1n) is 9.98. The molecule has 0 heterocycles. The van der Waals surface area contributed by atoms with Crippen LogP contribution in [0.4, 0.5) is 0 Å². The van der Waals surface area contributed by atoms with Gasteiger partial charge < -0.3 is 9.47 Å². The summed E-state index contributed by atoms with van der Waals surface area (Å²) in [6.45, 7) is 0. The standard InChI is InChI=1S/C26H22Cl2O3/c1-30-24-12-7-18(13-25(24)31-2)23-15-21(29)14-22(16-3-8-19(27)9-4-16)26(23)17-5-10-20(28)11-6-17/h3-14,23,26H,15H2,1-2H3/t23-,26+/m1/s1. The number of hydrogen-bond donors (Lipinski definition) is 0. The molecule has 0 radical (unpaired) electrons. The zero-order valence-electron chi connectivity index (χ0n) is 17.3. The lowest BCUT2D eigenvalue weighted by atomic mass is 9.69. The molecule has 3 nitrogen and oxygen atoms in total. The third-order valence-electron chi connectivity index (χ3n) is 5.72. The predicted octanol–water partition coefficient (Wildman–Crippen LogP) is 6.93. The smallest absolute Gasteiger partial charge is 0.160 e. The number of ether oxygens (including phenoxy) is 2. The molecule has 0 spiro atoms. The molecule has 0 N–H and O–H groups in total. The summed E-state index contributed by atoms with van der Waals surface area (Å²) in [6.07, 6.45) is 2.17. The van der Waals surface area contributed by atoms with Gasteiger partial charge >= 0.3 is 0 Å². The van der Waals surface area contributed by atoms with Gasteiger partial charge in [-0.05, 0) is 64.7 Å². The summed E-state index contributed by atoms with van der Waals surface area (Å²) in [4.78, 5) is 12.8. The maximum Gasteiger partial charge on any atom is 0.160 e. The molecule has 31 heavy (non-hydrogen) atoms. The van der Waals surface area contributed by atoms with Gasteiger partial charge in [0.05, 0.1) is 14.2 Å².